The summed E-state index contributed by atoms with van der Waals surface area (Å²) in [4.78, 5) is 37.2. The molecule has 0 aromatic heterocycles. The minimum Gasteiger partial charge on any atom is -0.462 e. The predicted molar refractivity (Wildman–Crippen MR) is 119 cm³/mol. The number of aliphatic hydroxyl groups excluding tert-OH is 2. The molecule has 10 heteroatoms. The second kappa shape index (κ2) is 8.33. The van der Waals surface area contributed by atoms with Crippen molar-refractivity contribution in [3.05, 3.63) is 24.3 Å². The summed E-state index contributed by atoms with van der Waals surface area (Å²) >= 11 is 6.70. The lowest BCUT2D eigenvalue weighted by Crippen LogP contribution is -2.74. The quantitative estimate of drug-likeness (QED) is 0.251. The van der Waals surface area contributed by atoms with E-state index < -0.39 is 82.8 Å². The Labute approximate surface area is 203 Å². The number of ether oxygens (including phenoxy) is 4. The van der Waals surface area contributed by atoms with Crippen LogP contribution in [-0.2, 0) is 33.3 Å². The van der Waals surface area contributed by atoms with Gasteiger partial charge >= 0.3 is 17.9 Å². The first-order valence-corrected chi connectivity index (χ1v) is 11.8. The molecule has 0 radical (unpaired) electrons. The third-order valence-electron chi connectivity index (χ3n) is 8.19. The highest BCUT2D eigenvalue weighted by Crippen LogP contribution is 2.60. The first-order valence-electron chi connectivity index (χ1n) is 11.4. The maximum atomic E-state index is 12.9. The molecule has 0 amide bonds. The molecule has 9 nitrogen and oxygen atoms in total. The highest BCUT2D eigenvalue weighted by molar-refractivity contribution is 6.23. The van der Waals surface area contributed by atoms with Crippen molar-refractivity contribution in [2.24, 2.45) is 17.3 Å². The second-order valence-corrected chi connectivity index (χ2v) is 10.5. The van der Waals surface area contributed by atoms with Crippen LogP contribution in [0.4, 0.5) is 0 Å². The number of rotatable bonds is 2. The molecular weight excluding hydrogens is 468 g/mol. The van der Waals surface area contributed by atoms with Crippen LogP contribution in [0, 0.1) is 17.3 Å². The van der Waals surface area contributed by atoms with Crippen molar-refractivity contribution in [3.63, 3.8) is 0 Å². The van der Waals surface area contributed by atoms with Crippen LogP contribution in [0.2, 0.25) is 0 Å². The van der Waals surface area contributed by atoms with Crippen molar-refractivity contribution >= 4 is 29.5 Å². The van der Waals surface area contributed by atoms with E-state index in [1.807, 2.05) is 0 Å². The van der Waals surface area contributed by atoms with Gasteiger partial charge in [0, 0.05) is 25.2 Å². The Morgan fingerprint density at radius 3 is 2.38 bits per heavy atom. The van der Waals surface area contributed by atoms with Gasteiger partial charge in [-0.15, -0.1) is 11.6 Å². The van der Waals surface area contributed by atoms with Crippen LogP contribution in [-0.4, -0.2) is 75.7 Å². The lowest BCUT2D eigenvalue weighted by molar-refractivity contribution is -0.290. The molecule has 0 aromatic carbocycles. The molecule has 1 spiro atoms. The van der Waals surface area contributed by atoms with E-state index >= 15 is 0 Å². The van der Waals surface area contributed by atoms with Gasteiger partial charge < -0.3 is 29.2 Å². The third kappa shape index (κ3) is 3.27. The van der Waals surface area contributed by atoms with E-state index in [0.717, 1.165) is 0 Å². The molecule has 0 aromatic rings. The number of carbonyl (C=O) groups excluding carboxylic acids is 3. The van der Waals surface area contributed by atoms with Crippen molar-refractivity contribution in [1.82, 2.24) is 0 Å². The van der Waals surface area contributed by atoms with Crippen LogP contribution in [0.15, 0.2) is 24.3 Å². The van der Waals surface area contributed by atoms with Crippen LogP contribution in [0.5, 0.6) is 0 Å². The van der Waals surface area contributed by atoms with Crippen LogP contribution in [0.25, 0.3) is 0 Å². The smallest absolute Gasteiger partial charge is 0.312 e. The van der Waals surface area contributed by atoms with E-state index in [9.17, 15) is 24.6 Å². The van der Waals surface area contributed by atoms with Crippen LogP contribution in [0.3, 0.4) is 0 Å². The molecular formula is C24H31ClO9. The predicted octanol–water partition coefficient (Wildman–Crippen LogP) is 1.42. The minimum atomic E-state index is -1.60. The first kappa shape index (κ1) is 25.2. The van der Waals surface area contributed by atoms with Gasteiger partial charge in [0.1, 0.15) is 24.4 Å². The van der Waals surface area contributed by atoms with Crippen molar-refractivity contribution in [2.75, 3.05) is 0 Å². The number of halogens is 1. The fourth-order valence-corrected chi connectivity index (χ4v) is 6.85. The minimum absolute atomic E-state index is 0.220. The van der Waals surface area contributed by atoms with Gasteiger partial charge in [-0.05, 0) is 25.3 Å². The zero-order valence-electron chi connectivity index (χ0n) is 19.7. The van der Waals surface area contributed by atoms with Gasteiger partial charge in [-0.25, -0.2) is 0 Å². The highest BCUT2D eigenvalue weighted by atomic mass is 35.5. The number of esters is 3. The van der Waals surface area contributed by atoms with Crippen molar-refractivity contribution < 1.29 is 43.5 Å². The van der Waals surface area contributed by atoms with Crippen LogP contribution < -0.4 is 0 Å². The number of alkyl halides is 1. The van der Waals surface area contributed by atoms with Gasteiger partial charge in [0.25, 0.3) is 0 Å². The largest absolute Gasteiger partial charge is 0.462 e. The molecule has 34 heavy (non-hydrogen) atoms. The molecule has 2 N–H and O–H groups in total. The van der Waals surface area contributed by atoms with Crippen LogP contribution in [0.1, 0.15) is 40.5 Å². The van der Waals surface area contributed by atoms with E-state index in [-0.39, 0.29) is 5.57 Å². The van der Waals surface area contributed by atoms with Gasteiger partial charge in [0.15, 0.2) is 11.7 Å². The van der Waals surface area contributed by atoms with Gasteiger partial charge in [0.05, 0.1) is 17.4 Å². The topological polar surface area (TPSA) is 129 Å². The molecule has 3 heterocycles. The standard InChI is InChI=1S/C24H31ClO9/c1-9-7-8-14(31-12(4)26)23(6)15(9)20(32-13(5)27)24-11(3)22(30)33-21(24)16(25)10(2)18(34-24)17(28)19(23)29/h11,14-21,28-29H,1-2,7-8H2,3-6H3/t11-,14-,15+,16-,17+,18+,19-,20+,21+,23-,24+/m0/s1. The summed E-state index contributed by atoms with van der Waals surface area (Å²) < 4.78 is 23.5. The maximum absolute atomic E-state index is 12.9. The summed E-state index contributed by atoms with van der Waals surface area (Å²) in [5.41, 5.74) is -2.14. The average molecular weight is 499 g/mol. The number of fused-ring (bicyclic) bond motifs is 2. The lowest BCUT2D eigenvalue weighted by Gasteiger charge is -2.61. The van der Waals surface area contributed by atoms with Crippen molar-refractivity contribution in [3.8, 4) is 0 Å². The Hall–Kier alpha value is -1.94. The van der Waals surface area contributed by atoms with E-state index in [1.54, 1.807) is 13.8 Å². The first-order chi connectivity index (χ1) is 15.8. The molecule has 2 bridgehead atoms. The van der Waals surface area contributed by atoms with Gasteiger partial charge in [0.2, 0.25) is 0 Å². The molecule has 4 fully saturated rings. The molecule has 4 aliphatic rings. The molecule has 11 atom stereocenters. The Bertz CT molecular complexity index is 949. The average Bonchev–Trinajstić information content (AvgIpc) is 3.01. The molecule has 3 saturated heterocycles. The molecule has 4 rings (SSSR count). The van der Waals surface area contributed by atoms with Gasteiger partial charge in [-0.3, -0.25) is 14.4 Å². The van der Waals surface area contributed by atoms with E-state index in [0.29, 0.717) is 18.4 Å². The van der Waals surface area contributed by atoms with Gasteiger partial charge in [-0.2, -0.15) is 0 Å². The Balaban J connectivity index is 2.01. The number of carbonyl (C=O) groups is 3. The molecule has 188 valence electrons. The van der Waals surface area contributed by atoms with Gasteiger partial charge in [-0.1, -0.05) is 25.7 Å². The summed E-state index contributed by atoms with van der Waals surface area (Å²) in [7, 11) is 0. The SMILES string of the molecule is C=C1CC[C@H](OC(C)=O)[C@@]2(C)[C@H]1[C@@H](OC(C)=O)[C@@]13O[C@H](C(=C)[C@H](Cl)[C@H]1OC(=O)[C@@H]3C)[C@@H](O)[C@@H]2O. The third-order valence-corrected chi connectivity index (χ3v) is 8.69. The highest BCUT2D eigenvalue weighted by Gasteiger charge is 2.74. The Kier molecular flexibility index (Phi) is 6.16. The molecule has 3 aliphatic heterocycles. The maximum Gasteiger partial charge on any atom is 0.312 e. The second-order valence-electron chi connectivity index (χ2n) is 10.1. The monoisotopic (exact) mass is 498 g/mol. The summed E-state index contributed by atoms with van der Waals surface area (Å²) in [5, 5.41) is 22.0. The Morgan fingerprint density at radius 1 is 1.18 bits per heavy atom. The fourth-order valence-electron chi connectivity index (χ4n) is 6.48. The van der Waals surface area contributed by atoms with E-state index in [2.05, 4.69) is 13.2 Å². The zero-order chi connectivity index (χ0) is 25.3. The number of hydrogen-bond donors (Lipinski definition) is 2. The zero-order valence-corrected chi connectivity index (χ0v) is 20.4. The number of hydrogen-bond acceptors (Lipinski definition) is 9. The Morgan fingerprint density at radius 2 is 1.79 bits per heavy atom. The molecule has 1 aliphatic carbocycles. The molecule has 1 saturated carbocycles. The van der Waals surface area contributed by atoms with Crippen molar-refractivity contribution in [2.45, 2.75) is 88.1 Å². The fraction of sp³-hybridized carbons (Fsp3) is 0.708. The summed E-state index contributed by atoms with van der Waals surface area (Å²) in [6.07, 6.45) is -6.62. The normalized spacial score (nSPS) is 48.1. The van der Waals surface area contributed by atoms with E-state index in [1.165, 1.54) is 13.8 Å². The summed E-state index contributed by atoms with van der Waals surface area (Å²) in [5.74, 6) is -3.62. The lowest BCUT2D eigenvalue weighted by atomic mass is 9.53. The number of aliphatic hydroxyl groups is 2. The molecule has 0 unspecified atom stereocenters. The van der Waals surface area contributed by atoms with Crippen molar-refractivity contribution in [1.29, 1.82) is 0 Å². The van der Waals surface area contributed by atoms with Crippen LogP contribution >= 0.6 is 11.6 Å². The van der Waals surface area contributed by atoms with E-state index in [4.69, 9.17) is 30.5 Å². The summed E-state index contributed by atoms with van der Waals surface area (Å²) in [6.45, 7) is 13.9. The summed E-state index contributed by atoms with van der Waals surface area (Å²) in [6, 6.07) is 0.